The first-order valence-corrected chi connectivity index (χ1v) is 7.18. The Bertz CT molecular complexity index is 364. The lowest BCUT2D eigenvalue weighted by molar-refractivity contribution is 0.164. The Hall–Kier alpha value is -0.800. The summed E-state index contributed by atoms with van der Waals surface area (Å²) in [5.74, 6) is 9.97. The predicted molar refractivity (Wildman–Crippen MR) is 73.8 cm³/mol. The Labute approximate surface area is 110 Å². The van der Waals surface area contributed by atoms with Crippen LogP contribution in [0.3, 0.4) is 0 Å². The number of nitrogens with one attached hydrogen (secondary N) is 1. The van der Waals surface area contributed by atoms with E-state index in [0.29, 0.717) is 5.92 Å². The van der Waals surface area contributed by atoms with E-state index in [0.717, 1.165) is 29.8 Å². The SMILES string of the molecule is CCc1ccc(C(NN)C2CC(C)CC(C)C2)o1. The highest BCUT2D eigenvalue weighted by Gasteiger charge is 2.31. The molecule has 0 aliphatic heterocycles. The van der Waals surface area contributed by atoms with Gasteiger partial charge in [0.25, 0.3) is 0 Å². The zero-order valence-corrected chi connectivity index (χ0v) is 11.8. The van der Waals surface area contributed by atoms with Crippen LogP contribution in [0.5, 0.6) is 0 Å². The van der Waals surface area contributed by atoms with Crippen molar-refractivity contribution < 1.29 is 4.42 Å². The quantitative estimate of drug-likeness (QED) is 0.636. The summed E-state index contributed by atoms with van der Waals surface area (Å²) in [6, 6.07) is 4.30. The van der Waals surface area contributed by atoms with E-state index >= 15 is 0 Å². The number of rotatable bonds is 4. The Morgan fingerprint density at radius 1 is 1.28 bits per heavy atom. The van der Waals surface area contributed by atoms with Gasteiger partial charge >= 0.3 is 0 Å². The molecule has 1 fully saturated rings. The third kappa shape index (κ3) is 2.96. The van der Waals surface area contributed by atoms with E-state index in [-0.39, 0.29) is 6.04 Å². The van der Waals surface area contributed by atoms with Crippen LogP contribution >= 0.6 is 0 Å². The summed E-state index contributed by atoms with van der Waals surface area (Å²) in [4.78, 5) is 0. The lowest BCUT2D eigenvalue weighted by Crippen LogP contribution is -2.36. The van der Waals surface area contributed by atoms with Gasteiger partial charge in [0, 0.05) is 6.42 Å². The van der Waals surface area contributed by atoms with Crippen LogP contribution in [0.25, 0.3) is 0 Å². The number of hydrazine groups is 1. The third-order valence-electron chi connectivity index (χ3n) is 4.20. The van der Waals surface area contributed by atoms with Gasteiger partial charge in [-0.05, 0) is 49.1 Å². The molecule has 3 atom stereocenters. The fourth-order valence-corrected chi connectivity index (χ4v) is 3.48. The molecule has 1 aromatic heterocycles. The van der Waals surface area contributed by atoms with Crippen molar-refractivity contribution in [1.82, 2.24) is 5.43 Å². The van der Waals surface area contributed by atoms with Gasteiger partial charge in [0.2, 0.25) is 0 Å². The monoisotopic (exact) mass is 250 g/mol. The largest absolute Gasteiger partial charge is 0.464 e. The summed E-state index contributed by atoms with van der Waals surface area (Å²) in [6.07, 6.45) is 4.75. The molecule has 2 rings (SSSR count). The molecule has 0 bridgehead atoms. The summed E-state index contributed by atoms with van der Waals surface area (Å²) < 4.78 is 5.87. The van der Waals surface area contributed by atoms with E-state index in [9.17, 15) is 0 Å². The van der Waals surface area contributed by atoms with Crippen LogP contribution in [-0.4, -0.2) is 0 Å². The second-order valence-electron chi connectivity index (χ2n) is 5.98. The molecule has 18 heavy (non-hydrogen) atoms. The summed E-state index contributed by atoms with van der Waals surface area (Å²) in [7, 11) is 0. The van der Waals surface area contributed by atoms with Gasteiger partial charge in [0.15, 0.2) is 0 Å². The van der Waals surface area contributed by atoms with Crippen LogP contribution < -0.4 is 11.3 Å². The minimum absolute atomic E-state index is 0.162. The van der Waals surface area contributed by atoms with E-state index in [2.05, 4.69) is 38.3 Å². The van der Waals surface area contributed by atoms with Crippen molar-refractivity contribution in [2.24, 2.45) is 23.6 Å². The van der Waals surface area contributed by atoms with E-state index < -0.39 is 0 Å². The molecule has 3 heteroatoms. The van der Waals surface area contributed by atoms with Gasteiger partial charge in [-0.2, -0.15) is 0 Å². The maximum Gasteiger partial charge on any atom is 0.122 e. The van der Waals surface area contributed by atoms with Crippen LogP contribution in [0, 0.1) is 17.8 Å². The average molecular weight is 250 g/mol. The Morgan fingerprint density at radius 2 is 1.94 bits per heavy atom. The first-order valence-electron chi connectivity index (χ1n) is 7.18. The van der Waals surface area contributed by atoms with E-state index in [1.54, 1.807) is 0 Å². The number of hydrogen-bond acceptors (Lipinski definition) is 3. The van der Waals surface area contributed by atoms with Crippen molar-refractivity contribution in [2.45, 2.75) is 52.5 Å². The fourth-order valence-electron chi connectivity index (χ4n) is 3.48. The van der Waals surface area contributed by atoms with Gasteiger partial charge in [-0.3, -0.25) is 5.84 Å². The summed E-state index contributed by atoms with van der Waals surface area (Å²) in [5.41, 5.74) is 2.97. The predicted octanol–water partition coefficient (Wildman–Crippen LogP) is 3.42. The third-order valence-corrected chi connectivity index (χ3v) is 4.20. The van der Waals surface area contributed by atoms with Crippen molar-refractivity contribution >= 4 is 0 Å². The van der Waals surface area contributed by atoms with Crippen molar-refractivity contribution in [3.63, 3.8) is 0 Å². The highest BCUT2D eigenvalue weighted by Crippen LogP contribution is 2.39. The molecule has 1 aliphatic carbocycles. The van der Waals surface area contributed by atoms with Gasteiger partial charge in [0.1, 0.15) is 11.5 Å². The van der Waals surface area contributed by atoms with Crippen LogP contribution in [-0.2, 0) is 6.42 Å². The standard InChI is InChI=1S/C15H26N2O/c1-4-13-5-6-14(18-13)15(17-16)12-8-10(2)7-11(3)9-12/h5-6,10-12,15,17H,4,7-9,16H2,1-3H3. The molecule has 0 saturated heterocycles. The Morgan fingerprint density at radius 3 is 2.44 bits per heavy atom. The molecule has 1 aliphatic rings. The second-order valence-corrected chi connectivity index (χ2v) is 5.98. The highest BCUT2D eigenvalue weighted by molar-refractivity contribution is 5.12. The normalized spacial score (nSPS) is 30.3. The minimum atomic E-state index is 0.162. The van der Waals surface area contributed by atoms with Gasteiger partial charge < -0.3 is 4.42 Å². The molecule has 0 spiro atoms. The first kappa shape index (κ1) is 13.6. The lowest BCUT2D eigenvalue weighted by Gasteiger charge is -2.35. The van der Waals surface area contributed by atoms with Crippen LogP contribution in [0.4, 0.5) is 0 Å². The molecule has 1 aromatic rings. The zero-order valence-electron chi connectivity index (χ0n) is 11.8. The molecule has 102 valence electrons. The zero-order chi connectivity index (χ0) is 13.1. The van der Waals surface area contributed by atoms with Crippen molar-refractivity contribution in [2.75, 3.05) is 0 Å². The number of hydrogen-bond donors (Lipinski definition) is 2. The number of nitrogens with two attached hydrogens (primary N) is 1. The van der Waals surface area contributed by atoms with Crippen molar-refractivity contribution in [3.8, 4) is 0 Å². The van der Waals surface area contributed by atoms with E-state index in [1.807, 2.05) is 0 Å². The van der Waals surface area contributed by atoms with Gasteiger partial charge in [-0.25, -0.2) is 5.43 Å². The molecule has 0 aromatic carbocycles. The van der Waals surface area contributed by atoms with Gasteiger partial charge in [-0.1, -0.05) is 20.8 Å². The number of furan rings is 1. The van der Waals surface area contributed by atoms with E-state index in [4.69, 9.17) is 10.3 Å². The highest BCUT2D eigenvalue weighted by atomic mass is 16.3. The molecule has 3 unspecified atom stereocenters. The topological polar surface area (TPSA) is 51.2 Å². The maximum absolute atomic E-state index is 5.87. The van der Waals surface area contributed by atoms with Crippen LogP contribution in [0.15, 0.2) is 16.5 Å². The van der Waals surface area contributed by atoms with E-state index in [1.165, 1.54) is 19.3 Å². The minimum Gasteiger partial charge on any atom is -0.464 e. The molecule has 1 saturated carbocycles. The Balaban J connectivity index is 2.12. The molecule has 3 N–H and O–H groups in total. The summed E-state index contributed by atoms with van der Waals surface area (Å²) >= 11 is 0. The fraction of sp³-hybridized carbons (Fsp3) is 0.733. The Kier molecular flexibility index (Phi) is 4.46. The van der Waals surface area contributed by atoms with Crippen LogP contribution in [0.2, 0.25) is 0 Å². The van der Waals surface area contributed by atoms with Gasteiger partial charge in [-0.15, -0.1) is 0 Å². The first-order chi connectivity index (χ1) is 8.63. The summed E-state index contributed by atoms with van der Waals surface area (Å²) in [5, 5.41) is 0. The number of aryl methyl sites for hydroxylation is 1. The van der Waals surface area contributed by atoms with Crippen molar-refractivity contribution in [3.05, 3.63) is 23.7 Å². The molecule has 1 heterocycles. The summed E-state index contributed by atoms with van der Waals surface area (Å²) in [6.45, 7) is 6.80. The molecule has 0 amide bonds. The maximum atomic E-state index is 5.87. The average Bonchev–Trinajstić information content (AvgIpc) is 2.77. The molecular weight excluding hydrogens is 224 g/mol. The van der Waals surface area contributed by atoms with Crippen LogP contribution in [0.1, 0.15) is 57.6 Å². The second kappa shape index (κ2) is 5.89. The van der Waals surface area contributed by atoms with Crippen molar-refractivity contribution in [1.29, 1.82) is 0 Å². The molecular formula is C15H26N2O. The van der Waals surface area contributed by atoms with Gasteiger partial charge in [0.05, 0.1) is 6.04 Å². The smallest absolute Gasteiger partial charge is 0.122 e. The lowest BCUT2D eigenvalue weighted by atomic mass is 9.73. The molecule has 0 radical (unpaired) electrons. The molecule has 3 nitrogen and oxygen atoms in total.